The molecule has 240 valence electrons. The molecule has 4 aliphatic rings. The first-order chi connectivity index (χ1) is 19.0. The molecular weight excluding hydrogens is 572 g/mol. The van der Waals surface area contributed by atoms with Gasteiger partial charge < -0.3 is 10.2 Å². The lowest BCUT2D eigenvalue weighted by Gasteiger charge is -2.62. The van der Waals surface area contributed by atoms with E-state index in [4.69, 9.17) is 8.37 Å². The second-order valence-corrected chi connectivity index (χ2v) is 16.4. The van der Waals surface area contributed by atoms with Gasteiger partial charge in [0.15, 0.2) is 0 Å². The van der Waals surface area contributed by atoms with Gasteiger partial charge in [-0.25, -0.2) is 8.37 Å². The van der Waals surface area contributed by atoms with Crippen molar-refractivity contribution in [2.24, 2.45) is 58.2 Å². The van der Waals surface area contributed by atoms with Gasteiger partial charge in [0.1, 0.15) is 6.10 Å². The normalized spacial score (nSPS) is 41.6. The van der Waals surface area contributed by atoms with Crippen molar-refractivity contribution in [1.82, 2.24) is 0 Å². The second-order valence-electron chi connectivity index (χ2n) is 14.3. The van der Waals surface area contributed by atoms with Crippen molar-refractivity contribution in [3.8, 4) is 0 Å². The molecule has 0 aromatic carbocycles. The van der Waals surface area contributed by atoms with Crippen LogP contribution in [0.1, 0.15) is 98.3 Å². The first-order valence-corrected chi connectivity index (χ1v) is 18.3. The fourth-order valence-corrected chi connectivity index (χ4v) is 11.3. The van der Waals surface area contributed by atoms with Gasteiger partial charge in [0.25, 0.3) is 0 Å². The fourth-order valence-electron chi connectivity index (χ4n) is 10.4. The minimum Gasteiger partial charge on any atom is -0.396 e. The van der Waals surface area contributed by atoms with Crippen LogP contribution in [0.15, 0.2) is 0 Å². The highest BCUT2D eigenvalue weighted by Gasteiger charge is 2.62. The Morgan fingerprint density at radius 2 is 1.49 bits per heavy atom. The van der Waals surface area contributed by atoms with E-state index in [-0.39, 0.29) is 47.7 Å². The summed E-state index contributed by atoms with van der Waals surface area (Å²) in [7, 11) is -9.19. The maximum atomic E-state index is 11.6. The molecule has 4 saturated carbocycles. The van der Waals surface area contributed by atoms with E-state index in [9.17, 15) is 36.2 Å². The summed E-state index contributed by atoms with van der Waals surface area (Å²) in [5, 5.41) is 20.9. The predicted molar refractivity (Wildman–Crippen MR) is 153 cm³/mol. The average Bonchev–Trinajstić information content (AvgIpc) is 3.23. The Morgan fingerprint density at radius 3 is 2.10 bits per heavy atom. The Kier molecular flexibility index (Phi) is 10.3. The molecule has 12 atom stereocenters. The minimum atomic E-state index is -4.64. The lowest BCUT2D eigenvalue weighted by Crippen LogP contribution is -2.59. The highest BCUT2D eigenvalue weighted by atomic mass is 32.3. The maximum absolute atomic E-state index is 11.6. The molecule has 4 rings (SSSR count). The third-order valence-electron chi connectivity index (χ3n) is 12.5. The Morgan fingerprint density at radius 1 is 0.854 bits per heavy atom. The summed E-state index contributed by atoms with van der Waals surface area (Å²) in [4.78, 5) is 0. The zero-order valence-electron chi connectivity index (χ0n) is 25.0. The van der Waals surface area contributed by atoms with Gasteiger partial charge in [-0.3, -0.25) is 9.11 Å². The fraction of sp³-hybridized carbons (Fsp3) is 1.00. The molecule has 10 nitrogen and oxygen atoms in total. The van der Waals surface area contributed by atoms with Crippen molar-refractivity contribution in [2.75, 3.05) is 13.2 Å². The SMILES string of the molecule is CCC(CC[C@@H](COS(=O)(=O)O)[C@H]1CCC2C3CC[C@@H]4[C@H](O)[C@H](OS(=O)(=O)O)CC[C@]4(C)C3CC[C@@]21C)C(C)CO. The van der Waals surface area contributed by atoms with E-state index >= 15 is 0 Å². The number of aliphatic hydroxyl groups excluding tert-OH is 2. The summed E-state index contributed by atoms with van der Waals surface area (Å²) in [5.74, 6) is 1.94. The third kappa shape index (κ3) is 7.00. The highest BCUT2D eigenvalue weighted by Crippen LogP contribution is 2.68. The smallest absolute Gasteiger partial charge is 0.396 e. The molecule has 5 unspecified atom stereocenters. The number of aliphatic hydroxyl groups is 2. The molecule has 41 heavy (non-hydrogen) atoms. The first-order valence-electron chi connectivity index (χ1n) is 15.6. The maximum Gasteiger partial charge on any atom is 0.397 e. The molecule has 4 fully saturated rings. The summed E-state index contributed by atoms with van der Waals surface area (Å²) in [6.07, 6.45) is 7.52. The largest absolute Gasteiger partial charge is 0.397 e. The molecule has 0 aliphatic heterocycles. The Hall–Kier alpha value is -0.340. The van der Waals surface area contributed by atoms with Gasteiger partial charge in [0.05, 0.1) is 12.7 Å². The van der Waals surface area contributed by atoms with Crippen molar-refractivity contribution in [2.45, 2.75) is 111 Å². The highest BCUT2D eigenvalue weighted by molar-refractivity contribution is 7.81. The van der Waals surface area contributed by atoms with Crippen LogP contribution in [0.3, 0.4) is 0 Å². The van der Waals surface area contributed by atoms with E-state index in [1.807, 2.05) is 6.92 Å². The molecule has 0 aromatic heterocycles. The van der Waals surface area contributed by atoms with Crippen LogP contribution in [0.25, 0.3) is 0 Å². The van der Waals surface area contributed by atoms with Crippen LogP contribution < -0.4 is 0 Å². The van der Waals surface area contributed by atoms with Gasteiger partial charge in [-0.15, -0.1) is 0 Å². The second kappa shape index (κ2) is 12.6. The minimum absolute atomic E-state index is 0.00576. The van der Waals surface area contributed by atoms with Crippen molar-refractivity contribution in [1.29, 1.82) is 0 Å². The number of hydrogen-bond donors (Lipinski definition) is 4. The third-order valence-corrected chi connectivity index (χ3v) is 13.5. The summed E-state index contributed by atoms with van der Waals surface area (Å²) in [6.45, 7) is 8.85. The molecule has 0 saturated heterocycles. The summed E-state index contributed by atoms with van der Waals surface area (Å²) < 4.78 is 74.3. The first kappa shape index (κ1) is 33.6. The van der Waals surface area contributed by atoms with E-state index in [1.54, 1.807) is 0 Å². The van der Waals surface area contributed by atoms with Crippen LogP contribution in [-0.4, -0.2) is 61.6 Å². The number of rotatable bonds is 12. The number of fused-ring (bicyclic) bond motifs is 5. The Labute approximate surface area is 246 Å². The molecule has 0 radical (unpaired) electrons. The summed E-state index contributed by atoms with van der Waals surface area (Å²) >= 11 is 0. The molecule has 0 amide bonds. The van der Waals surface area contributed by atoms with Gasteiger partial charge in [0.2, 0.25) is 0 Å². The standard InChI is InChI=1S/C29H52O10S2/c1-5-19(18(2)16-30)6-7-20(17-38-40(32,33)34)22-10-11-23-21-8-9-25-27(31)26(39-41(35,36)37)13-15-29(25,4)24(21)12-14-28(22,23)3/h18-27,30-31H,5-17H2,1-4H3,(H,32,33,34)(H,35,36,37)/t18?,19?,20-,21?,22+,23?,24?,25+,26+,27-,28+,29+/m0/s1. The molecule has 0 bridgehead atoms. The molecular formula is C29H52O10S2. The van der Waals surface area contributed by atoms with E-state index < -0.39 is 33.0 Å². The van der Waals surface area contributed by atoms with E-state index in [0.29, 0.717) is 30.1 Å². The molecule has 12 heteroatoms. The van der Waals surface area contributed by atoms with Gasteiger partial charge >= 0.3 is 20.8 Å². The zero-order valence-corrected chi connectivity index (χ0v) is 26.7. The van der Waals surface area contributed by atoms with Crippen molar-refractivity contribution >= 4 is 20.8 Å². The number of hydrogen-bond acceptors (Lipinski definition) is 8. The molecule has 0 aromatic rings. The van der Waals surface area contributed by atoms with E-state index in [1.165, 1.54) is 0 Å². The lowest BCUT2D eigenvalue weighted by molar-refractivity contribution is -0.171. The van der Waals surface area contributed by atoms with Gasteiger partial charge in [0, 0.05) is 6.61 Å². The van der Waals surface area contributed by atoms with Crippen LogP contribution in [-0.2, 0) is 29.2 Å². The lowest BCUT2D eigenvalue weighted by atomic mass is 9.44. The van der Waals surface area contributed by atoms with Crippen LogP contribution >= 0.6 is 0 Å². The van der Waals surface area contributed by atoms with Crippen LogP contribution in [0, 0.1) is 58.2 Å². The van der Waals surface area contributed by atoms with Gasteiger partial charge in [-0.2, -0.15) is 16.8 Å². The Balaban J connectivity index is 1.52. The molecule has 0 spiro atoms. The van der Waals surface area contributed by atoms with Gasteiger partial charge in [-0.1, -0.05) is 34.1 Å². The average molecular weight is 625 g/mol. The van der Waals surface area contributed by atoms with E-state index in [2.05, 4.69) is 20.8 Å². The van der Waals surface area contributed by atoms with Crippen LogP contribution in [0.4, 0.5) is 0 Å². The predicted octanol–water partition coefficient (Wildman–Crippen LogP) is 4.67. The van der Waals surface area contributed by atoms with Crippen molar-refractivity contribution in [3.63, 3.8) is 0 Å². The summed E-state index contributed by atoms with van der Waals surface area (Å²) in [5.41, 5.74) is -0.144. The van der Waals surface area contributed by atoms with E-state index in [0.717, 1.165) is 64.2 Å². The topological polar surface area (TPSA) is 168 Å². The van der Waals surface area contributed by atoms with Crippen LogP contribution in [0.2, 0.25) is 0 Å². The monoisotopic (exact) mass is 624 g/mol. The molecule has 0 heterocycles. The van der Waals surface area contributed by atoms with Crippen molar-refractivity contribution < 1.29 is 44.5 Å². The molecule has 4 aliphatic carbocycles. The van der Waals surface area contributed by atoms with Gasteiger partial charge in [-0.05, 0) is 122 Å². The quantitative estimate of drug-likeness (QED) is 0.224. The van der Waals surface area contributed by atoms with Crippen molar-refractivity contribution in [3.05, 3.63) is 0 Å². The zero-order chi connectivity index (χ0) is 30.4. The molecule has 4 N–H and O–H groups in total. The van der Waals surface area contributed by atoms with Crippen LogP contribution in [0.5, 0.6) is 0 Å². The Bertz CT molecular complexity index is 1110. The summed E-state index contributed by atoms with van der Waals surface area (Å²) in [6, 6.07) is 0.